The van der Waals surface area contributed by atoms with Gasteiger partial charge in [-0.2, -0.15) is 10.2 Å². The molecule has 0 amide bonds. The number of nitriles is 1. The summed E-state index contributed by atoms with van der Waals surface area (Å²) in [5, 5.41) is 15.3. The largest absolute Gasteiger partial charge is 0.473 e. The van der Waals surface area contributed by atoms with Crippen molar-refractivity contribution in [2.75, 3.05) is 18.4 Å². The van der Waals surface area contributed by atoms with Gasteiger partial charge < -0.3 is 15.4 Å². The molecule has 0 spiro atoms. The van der Waals surface area contributed by atoms with Crippen molar-refractivity contribution >= 4 is 5.95 Å². The van der Waals surface area contributed by atoms with E-state index in [0.29, 0.717) is 23.4 Å². The molecule has 2 aromatic rings. The van der Waals surface area contributed by atoms with Crippen molar-refractivity contribution in [3.63, 3.8) is 0 Å². The molecule has 1 aliphatic rings. The molecule has 3 rings (SSSR count). The highest BCUT2D eigenvalue weighted by atomic mass is 19.1. The lowest BCUT2D eigenvalue weighted by Crippen LogP contribution is -2.35. The Morgan fingerprint density at radius 3 is 2.92 bits per heavy atom. The van der Waals surface area contributed by atoms with Gasteiger partial charge in [-0.25, -0.2) is 9.37 Å². The Morgan fingerprint density at radius 2 is 2.17 bits per heavy atom. The second-order valence-electron chi connectivity index (χ2n) is 5.59. The lowest BCUT2D eigenvalue weighted by Gasteiger charge is -2.23. The Kier molecular flexibility index (Phi) is 5.18. The van der Waals surface area contributed by atoms with E-state index in [1.165, 1.54) is 6.07 Å². The van der Waals surface area contributed by atoms with Crippen molar-refractivity contribution < 1.29 is 9.13 Å². The number of hydrogen-bond donors (Lipinski definition) is 2. The van der Waals surface area contributed by atoms with E-state index in [9.17, 15) is 4.39 Å². The molecule has 2 N–H and O–H groups in total. The molecule has 1 saturated heterocycles. The Bertz CT molecular complexity index is 740. The van der Waals surface area contributed by atoms with E-state index in [2.05, 4.69) is 20.6 Å². The van der Waals surface area contributed by atoms with Gasteiger partial charge in [0.15, 0.2) is 0 Å². The first-order valence-electron chi connectivity index (χ1n) is 7.86. The molecule has 1 aliphatic heterocycles. The molecule has 24 heavy (non-hydrogen) atoms. The Hall–Kier alpha value is -2.72. The van der Waals surface area contributed by atoms with E-state index in [1.807, 2.05) is 6.07 Å². The minimum atomic E-state index is -0.462. The van der Waals surface area contributed by atoms with Gasteiger partial charge in [0.25, 0.3) is 0 Å². The van der Waals surface area contributed by atoms with Crippen molar-refractivity contribution in [3.8, 4) is 11.9 Å². The minimum absolute atomic E-state index is 0.0430. The van der Waals surface area contributed by atoms with Crippen molar-refractivity contribution in [1.82, 2.24) is 15.3 Å². The van der Waals surface area contributed by atoms with Crippen LogP contribution in [0.1, 0.15) is 24.0 Å². The summed E-state index contributed by atoms with van der Waals surface area (Å²) in [6.07, 6.45) is 3.65. The fourth-order valence-corrected chi connectivity index (χ4v) is 2.53. The zero-order valence-corrected chi connectivity index (χ0v) is 13.1. The van der Waals surface area contributed by atoms with Gasteiger partial charge in [0, 0.05) is 23.9 Å². The molecule has 1 aromatic heterocycles. The second kappa shape index (κ2) is 7.70. The highest BCUT2D eigenvalue weighted by Crippen LogP contribution is 2.16. The molecule has 0 unspecified atom stereocenters. The van der Waals surface area contributed by atoms with Gasteiger partial charge in [0.1, 0.15) is 12.4 Å². The zero-order valence-electron chi connectivity index (χ0n) is 13.1. The fraction of sp³-hybridized carbons (Fsp3) is 0.353. The van der Waals surface area contributed by atoms with E-state index in [4.69, 9.17) is 10.00 Å². The number of ether oxygens (including phenoxy) is 1. The van der Waals surface area contributed by atoms with Crippen LogP contribution in [0.4, 0.5) is 10.3 Å². The predicted molar refractivity (Wildman–Crippen MR) is 87.0 cm³/mol. The zero-order chi connectivity index (χ0) is 16.8. The van der Waals surface area contributed by atoms with Crippen molar-refractivity contribution in [1.29, 1.82) is 5.26 Å². The Labute approximate surface area is 139 Å². The first-order valence-corrected chi connectivity index (χ1v) is 7.86. The normalized spacial score (nSPS) is 14.8. The molecule has 7 heteroatoms. The van der Waals surface area contributed by atoms with E-state index in [0.717, 1.165) is 25.9 Å². The number of rotatable bonds is 5. The first kappa shape index (κ1) is 16.1. The van der Waals surface area contributed by atoms with E-state index >= 15 is 0 Å². The summed E-state index contributed by atoms with van der Waals surface area (Å²) in [5.41, 5.74) is 0.659. The molecule has 2 heterocycles. The number of hydrogen-bond acceptors (Lipinski definition) is 6. The summed E-state index contributed by atoms with van der Waals surface area (Å²) in [6, 6.07) is 8.18. The first-order chi connectivity index (χ1) is 11.7. The molecule has 0 atom stereocenters. The topological polar surface area (TPSA) is 82.9 Å². The van der Waals surface area contributed by atoms with E-state index < -0.39 is 5.82 Å². The summed E-state index contributed by atoms with van der Waals surface area (Å²) in [4.78, 5) is 8.50. The van der Waals surface area contributed by atoms with Crippen molar-refractivity contribution in [3.05, 3.63) is 47.4 Å². The molecule has 1 fully saturated rings. The van der Waals surface area contributed by atoms with Gasteiger partial charge in [-0.3, -0.25) is 0 Å². The van der Waals surface area contributed by atoms with Crippen LogP contribution in [0.25, 0.3) is 0 Å². The lowest BCUT2D eigenvalue weighted by molar-refractivity contribution is 0.288. The third-order valence-electron chi connectivity index (χ3n) is 3.86. The average Bonchev–Trinajstić information content (AvgIpc) is 2.62. The van der Waals surface area contributed by atoms with Crippen LogP contribution < -0.4 is 15.4 Å². The summed E-state index contributed by atoms with van der Waals surface area (Å²) in [6.45, 7) is 2.00. The van der Waals surface area contributed by atoms with Crippen LogP contribution in [-0.2, 0) is 6.61 Å². The Morgan fingerprint density at radius 1 is 1.33 bits per heavy atom. The molecule has 124 valence electrons. The highest BCUT2D eigenvalue weighted by molar-refractivity contribution is 5.33. The smallest absolute Gasteiger partial charge is 0.226 e. The van der Waals surface area contributed by atoms with Crippen molar-refractivity contribution in [2.45, 2.75) is 25.5 Å². The third kappa shape index (κ3) is 4.18. The molecule has 1 aromatic carbocycles. The number of anilines is 1. The second-order valence-corrected chi connectivity index (χ2v) is 5.59. The summed E-state index contributed by atoms with van der Waals surface area (Å²) in [7, 11) is 0. The predicted octanol–water partition coefficient (Wildman–Crippen LogP) is 2.23. The molecule has 0 aliphatic carbocycles. The fourth-order valence-electron chi connectivity index (χ4n) is 2.53. The SMILES string of the molecule is N#Cc1ccc(COc2ccnc(NC3CCNCC3)n2)c(F)c1. The summed E-state index contributed by atoms with van der Waals surface area (Å²) >= 11 is 0. The number of halogens is 1. The molecular formula is C17H18FN5O. The maximum absolute atomic E-state index is 13.8. The van der Waals surface area contributed by atoms with Crippen LogP contribution in [0.3, 0.4) is 0 Å². The van der Waals surface area contributed by atoms with Crippen LogP contribution in [0.15, 0.2) is 30.5 Å². The van der Waals surface area contributed by atoms with Crippen LogP contribution in [-0.4, -0.2) is 29.1 Å². The maximum atomic E-state index is 13.8. The molecule has 0 radical (unpaired) electrons. The van der Waals surface area contributed by atoms with Crippen LogP contribution in [0.5, 0.6) is 5.88 Å². The standard InChI is InChI=1S/C17H18FN5O/c18-15-9-12(10-19)1-2-13(15)11-24-16-5-8-21-17(23-16)22-14-3-6-20-7-4-14/h1-2,5,8-9,14,20H,3-4,6-7,11H2,(H,21,22,23). The van der Waals surface area contributed by atoms with E-state index in [-0.39, 0.29) is 12.2 Å². The van der Waals surface area contributed by atoms with Gasteiger partial charge in [-0.15, -0.1) is 0 Å². The number of nitrogens with zero attached hydrogens (tertiary/aromatic N) is 3. The van der Waals surface area contributed by atoms with Gasteiger partial charge in [-0.1, -0.05) is 6.07 Å². The number of nitrogens with one attached hydrogen (secondary N) is 2. The summed E-state index contributed by atoms with van der Waals surface area (Å²) in [5.74, 6) is 0.432. The average molecular weight is 327 g/mol. The molecule has 0 saturated carbocycles. The molecular weight excluding hydrogens is 309 g/mol. The maximum Gasteiger partial charge on any atom is 0.226 e. The number of benzene rings is 1. The Balaban J connectivity index is 1.61. The number of piperidine rings is 1. The summed E-state index contributed by atoms with van der Waals surface area (Å²) < 4.78 is 19.4. The lowest BCUT2D eigenvalue weighted by atomic mass is 10.1. The molecule has 6 nitrogen and oxygen atoms in total. The molecule has 0 bridgehead atoms. The van der Waals surface area contributed by atoms with Crippen LogP contribution >= 0.6 is 0 Å². The van der Waals surface area contributed by atoms with Gasteiger partial charge in [-0.05, 0) is 38.1 Å². The van der Waals surface area contributed by atoms with Crippen molar-refractivity contribution in [2.24, 2.45) is 0 Å². The van der Waals surface area contributed by atoms with Gasteiger partial charge >= 0.3 is 0 Å². The quantitative estimate of drug-likeness (QED) is 0.876. The van der Waals surface area contributed by atoms with Crippen LogP contribution in [0.2, 0.25) is 0 Å². The highest BCUT2D eigenvalue weighted by Gasteiger charge is 2.14. The van der Waals surface area contributed by atoms with Crippen LogP contribution in [0, 0.1) is 17.1 Å². The number of aromatic nitrogens is 2. The van der Waals surface area contributed by atoms with Gasteiger partial charge in [0.05, 0.1) is 11.6 Å². The third-order valence-corrected chi connectivity index (χ3v) is 3.86. The van der Waals surface area contributed by atoms with E-state index in [1.54, 1.807) is 24.4 Å². The monoisotopic (exact) mass is 327 g/mol. The van der Waals surface area contributed by atoms with Gasteiger partial charge in [0.2, 0.25) is 11.8 Å². The minimum Gasteiger partial charge on any atom is -0.473 e.